The second kappa shape index (κ2) is 8.14. The van der Waals surface area contributed by atoms with Crippen molar-refractivity contribution in [3.05, 3.63) is 21.0 Å². The molecule has 0 spiro atoms. The number of ether oxygens (including phenoxy) is 1. The number of aromatic nitrogens is 2. The molecule has 1 N–H and O–H groups in total. The van der Waals surface area contributed by atoms with Gasteiger partial charge in [0.15, 0.2) is 0 Å². The van der Waals surface area contributed by atoms with Crippen molar-refractivity contribution in [2.75, 3.05) is 33.1 Å². The first-order chi connectivity index (χ1) is 9.85. The summed E-state index contributed by atoms with van der Waals surface area (Å²) in [5.41, 5.74) is 0.248. The minimum Gasteiger partial charge on any atom is -0.468 e. The molecule has 0 aromatic carbocycles. The first-order valence-corrected chi connectivity index (χ1v) is 7.38. The Balaban J connectivity index is 2.80. The SMILES string of the molecule is COC(=O)Cn1ncc(NC(C)CCN(C)C)c(Br)c1=O. The zero-order valence-electron chi connectivity index (χ0n) is 12.7. The van der Waals surface area contributed by atoms with Gasteiger partial charge in [0.05, 0.1) is 19.0 Å². The van der Waals surface area contributed by atoms with Crippen molar-refractivity contribution >= 4 is 27.6 Å². The number of carbonyl (C=O) groups is 1. The molecule has 1 heterocycles. The second-order valence-corrected chi connectivity index (χ2v) is 5.84. The molecule has 8 heteroatoms. The fraction of sp³-hybridized carbons (Fsp3) is 0.615. The topological polar surface area (TPSA) is 76.5 Å². The Kier molecular flexibility index (Phi) is 6.83. The van der Waals surface area contributed by atoms with Crippen LogP contribution in [-0.4, -0.2) is 54.4 Å². The van der Waals surface area contributed by atoms with Crippen LogP contribution < -0.4 is 10.9 Å². The van der Waals surface area contributed by atoms with Crippen LogP contribution >= 0.6 is 15.9 Å². The van der Waals surface area contributed by atoms with Gasteiger partial charge in [0.25, 0.3) is 5.56 Å². The summed E-state index contributed by atoms with van der Waals surface area (Å²) in [5.74, 6) is -0.517. The predicted octanol–water partition coefficient (Wildman–Crippen LogP) is 0.931. The van der Waals surface area contributed by atoms with E-state index in [1.165, 1.54) is 13.3 Å². The number of esters is 1. The Bertz CT molecular complexity index is 545. The summed E-state index contributed by atoms with van der Waals surface area (Å²) in [5, 5.41) is 7.21. The molecule has 0 amide bonds. The summed E-state index contributed by atoms with van der Waals surface area (Å²) in [6, 6.07) is 0.196. The summed E-state index contributed by atoms with van der Waals surface area (Å²) in [4.78, 5) is 25.4. The van der Waals surface area contributed by atoms with Crippen LogP contribution in [0, 0.1) is 0 Å². The zero-order chi connectivity index (χ0) is 16.0. The van der Waals surface area contributed by atoms with Crippen LogP contribution in [0.1, 0.15) is 13.3 Å². The van der Waals surface area contributed by atoms with Gasteiger partial charge >= 0.3 is 5.97 Å². The highest BCUT2D eigenvalue weighted by molar-refractivity contribution is 9.10. The maximum absolute atomic E-state index is 12.1. The zero-order valence-corrected chi connectivity index (χ0v) is 14.3. The molecule has 1 unspecified atom stereocenters. The largest absolute Gasteiger partial charge is 0.468 e. The maximum atomic E-state index is 12.1. The lowest BCUT2D eigenvalue weighted by Crippen LogP contribution is -2.29. The van der Waals surface area contributed by atoms with E-state index < -0.39 is 5.97 Å². The van der Waals surface area contributed by atoms with Gasteiger partial charge in [-0.15, -0.1) is 0 Å². The van der Waals surface area contributed by atoms with E-state index in [-0.39, 0.29) is 18.1 Å². The molecule has 7 nitrogen and oxygen atoms in total. The molecule has 118 valence electrons. The molecule has 1 aromatic rings. The highest BCUT2D eigenvalue weighted by atomic mass is 79.9. The predicted molar refractivity (Wildman–Crippen MR) is 84.5 cm³/mol. The Hall–Kier alpha value is -1.41. The highest BCUT2D eigenvalue weighted by Crippen LogP contribution is 2.17. The molecule has 1 atom stereocenters. The average Bonchev–Trinajstić information content (AvgIpc) is 2.44. The third-order valence-electron chi connectivity index (χ3n) is 2.90. The Morgan fingerprint density at radius 1 is 1.57 bits per heavy atom. The summed E-state index contributed by atoms with van der Waals surface area (Å²) >= 11 is 3.25. The molecule has 0 aliphatic heterocycles. The number of anilines is 1. The number of nitrogens with zero attached hydrogens (tertiary/aromatic N) is 3. The van der Waals surface area contributed by atoms with E-state index in [4.69, 9.17) is 0 Å². The third-order valence-corrected chi connectivity index (χ3v) is 3.67. The summed E-state index contributed by atoms with van der Waals surface area (Å²) in [7, 11) is 5.29. The van der Waals surface area contributed by atoms with Crippen LogP contribution in [-0.2, 0) is 16.1 Å². The second-order valence-electron chi connectivity index (χ2n) is 5.05. The molecule has 0 aliphatic rings. The summed E-state index contributed by atoms with van der Waals surface area (Å²) in [6.45, 7) is 2.78. The normalized spacial score (nSPS) is 12.3. The number of halogens is 1. The number of hydrogen-bond acceptors (Lipinski definition) is 6. The van der Waals surface area contributed by atoms with Gasteiger partial charge in [-0.3, -0.25) is 9.59 Å². The molecule has 0 fully saturated rings. The van der Waals surface area contributed by atoms with Crippen molar-refractivity contribution in [1.82, 2.24) is 14.7 Å². The smallest absolute Gasteiger partial charge is 0.327 e. The van der Waals surface area contributed by atoms with E-state index in [0.29, 0.717) is 10.2 Å². The number of nitrogens with one attached hydrogen (secondary N) is 1. The Labute approximate surface area is 132 Å². The van der Waals surface area contributed by atoms with E-state index in [1.54, 1.807) is 0 Å². The molecule has 1 rings (SSSR count). The van der Waals surface area contributed by atoms with Gasteiger partial charge in [-0.25, -0.2) is 4.68 Å². The number of methoxy groups -OCH3 is 1. The van der Waals surface area contributed by atoms with Crippen LogP contribution in [0.5, 0.6) is 0 Å². The van der Waals surface area contributed by atoms with E-state index in [1.807, 2.05) is 21.0 Å². The first-order valence-electron chi connectivity index (χ1n) is 6.58. The van der Waals surface area contributed by atoms with Crippen LogP contribution in [0.15, 0.2) is 15.5 Å². The van der Waals surface area contributed by atoms with Gasteiger partial charge < -0.3 is 15.0 Å². The molecule has 0 saturated heterocycles. The van der Waals surface area contributed by atoms with Crippen molar-refractivity contribution in [2.24, 2.45) is 0 Å². The quantitative estimate of drug-likeness (QED) is 0.729. The molecule has 0 radical (unpaired) electrons. The lowest BCUT2D eigenvalue weighted by Gasteiger charge is -2.18. The van der Waals surface area contributed by atoms with Crippen LogP contribution in [0.4, 0.5) is 5.69 Å². The minimum atomic E-state index is -0.517. The molecule has 21 heavy (non-hydrogen) atoms. The van der Waals surface area contributed by atoms with E-state index >= 15 is 0 Å². The van der Waals surface area contributed by atoms with Gasteiger partial charge in [-0.2, -0.15) is 5.10 Å². The maximum Gasteiger partial charge on any atom is 0.327 e. The van der Waals surface area contributed by atoms with Gasteiger partial charge in [0.1, 0.15) is 11.0 Å². The number of carbonyl (C=O) groups excluding carboxylic acids is 1. The molecule has 0 saturated carbocycles. The van der Waals surface area contributed by atoms with E-state index in [0.717, 1.165) is 17.6 Å². The molecule has 1 aromatic heterocycles. The van der Waals surface area contributed by atoms with Crippen LogP contribution in [0.2, 0.25) is 0 Å². The first kappa shape index (κ1) is 17.6. The molecular formula is C13H21BrN4O3. The highest BCUT2D eigenvalue weighted by Gasteiger charge is 2.13. The lowest BCUT2D eigenvalue weighted by atomic mass is 10.2. The fourth-order valence-electron chi connectivity index (χ4n) is 1.65. The Morgan fingerprint density at radius 3 is 2.81 bits per heavy atom. The van der Waals surface area contributed by atoms with Gasteiger partial charge in [0.2, 0.25) is 0 Å². The van der Waals surface area contributed by atoms with Crippen molar-refractivity contribution in [1.29, 1.82) is 0 Å². The lowest BCUT2D eigenvalue weighted by molar-refractivity contribution is -0.141. The average molecular weight is 361 g/mol. The minimum absolute atomic E-state index is 0.196. The number of rotatable bonds is 7. The van der Waals surface area contributed by atoms with Crippen molar-refractivity contribution in [3.63, 3.8) is 0 Å². The van der Waals surface area contributed by atoms with Crippen LogP contribution in [0.3, 0.4) is 0 Å². The van der Waals surface area contributed by atoms with Gasteiger partial charge in [-0.05, 0) is 49.9 Å². The summed E-state index contributed by atoms with van der Waals surface area (Å²) in [6.07, 6.45) is 2.46. The molecular weight excluding hydrogens is 340 g/mol. The standard InChI is InChI=1S/C13H21BrN4O3/c1-9(5-6-17(2)3)16-10-7-15-18(8-11(19)21-4)13(20)12(10)14/h7,9,16H,5-6,8H2,1-4H3. The summed E-state index contributed by atoms with van der Waals surface area (Å²) < 4.78 is 5.94. The molecule has 0 bridgehead atoms. The van der Waals surface area contributed by atoms with Gasteiger partial charge in [-0.1, -0.05) is 0 Å². The van der Waals surface area contributed by atoms with Gasteiger partial charge in [0, 0.05) is 6.04 Å². The fourth-order valence-corrected chi connectivity index (χ4v) is 2.08. The van der Waals surface area contributed by atoms with Crippen molar-refractivity contribution < 1.29 is 9.53 Å². The van der Waals surface area contributed by atoms with Crippen molar-refractivity contribution in [3.8, 4) is 0 Å². The van der Waals surface area contributed by atoms with E-state index in [2.05, 4.69) is 36.0 Å². The molecule has 0 aliphatic carbocycles. The van der Waals surface area contributed by atoms with Crippen LogP contribution in [0.25, 0.3) is 0 Å². The monoisotopic (exact) mass is 360 g/mol. The van der Waals surface area contributed by atoms with Crippen molar-refractivity contribution in [2.45, 2.75) is 25.9 Å². The Morgan fingerprint density at radius 2 is 2.24 bits per heavy atom. The number of hydrogen-bond donors (Lipinski definition) is 1. The third kappa shape index (κ3) is 5.47. The van der Waals surface area contributed by atoms with E-state index in [9.17, 15) is 9.59 Å².